The summed E-state index contributed by atoms with van der Waals surface area (Å²) in [7, 11) is 1.89. The third-order valence-corrected chi connectivity index (χ3v) is 2.97. The predicted octanol–water partition coefficient (Wildman–Crippen LogP) is 3.26. The van der Waals surface area contributed by atoms with Gasteiger partial charge in [0.1, 0.15) is 0 Å². The largest absolute Gasteiger partial charge is 0.275 e. The number of rotatable bonds is 1. The van der Waals surface area contributed by atoms with Crippen LogP contribution in [0.25, 0.3) is 11.1 Å². The molecule has 0 bridgehead atoms. The molecule has 3 heteroatoms. The molecule has 3 nitrogen and oxygen atoms in total. The van der Waals surface area contributed by atoms with Crippen LogP contribution >= 0.6 is 0 Å². The lowest BCUT2D eigenvalue weighted by Crippen LogP contribution is -2.11. The van der Waals surface area contributed by atoms with Gasteiger partial charge in [-0.1, -0.05) is 26.8 Å². The molecule has 0 amide bonds. The lowest BCUT2D eigenvalue weighted by Gasteiger charge is -2.20. The summed E-state index contributed by atoms with van der Waals surface area (Å²) in [5.41, 5.74) is 3.98. The van der Waals surface area contributed by atoms with Crippen molar-refractivity contribution in [3.63, 3.8) is 0 Å². The Morgan fingerprint density at radius 2 is 1.89 bits per heavy atom. The Morgan fingerprint density at radius 1 is 1.17 bits per heavy atom. The van der Waals surface area contributed by atoms with E-state index in [4.69, 9.17) is 5.26 Å². The monoisotopic (exact) mass is 239 g/mol. The van der Waals surface area contributed by atoms with Crippen LogP contribution in [0.1, 0.15) is 31.9 Å². The zero-order valence-corrected chi connectivity index (χ0v) is 11.2. The van der Waals surface area contributed by atoms with Crippen molar-refractivity contribution in [2.24, 2.45) is 7.05 Å². The van der Waals surface area contributed by atoms with Crippen molar-refractivity contribution in [1.82, 2.24) is 9.78 Å². The standard InChI is InChI=1S/C15H17N3/c1-15(2,3)14-6-11(8-16)5-12(7-14)13-9-17-18(4)10-13/h5-7,9-10H,1-4H3. The van der Waals surface area contributed by atoms with Crippen LogP contribution in [-0.2, 0) is 12.5 Å². The van der Waals surface area contributed by atoms with E-state index in [0.29, 0.717) is 5.56 Å². The highest BCUT2D eigenvalue weighted by atomic mass is 15.2. The maximum absolute atomic E-state index is 9.13. The molecule has 0 radical (unpaired) electrons. The van der Waals surface area contributed by atoms with Crippen molar-refractivity contribution in [2.45, 2.75) is 26.2 Å². The smallest absolute Gasteiger partial charge is 0.0991 e. The summed E-state index contributed by atoms with van der Waals surface area (Å²) in [6.45, 7) is 6.45. The molecule has 0 aliphatic carbocycles. The van der Waals surface area contributed by atoms with E-state index < -0.39 is 0 Å². The van der Waals surface area contributed by atoms with E-state index in [0.717, 1.165) is 11.1 Å². The van der Waals surface area contributed by atoms with Crippen LogP contribution in [-0.4, -0.2) is 9.78 Å². The normalized spacial score (nSPS) is 11.3. The van der Waals surface area contributed by atoms with Gasteiger partial charge >= 0.3 is 0 Å². The minimum atomic E-state index is 0.0316. The summed E-state index contributed by atoms with van der Waals surface area (Å²) in [6.07, 6.45) is 3.78. The van der Waals surface area contributed by atoms with Gasteiger partial charge in [0.05, 0.1) is 17.8 Å². The molecule has 0 aliphatic heterocycles. The first kappa shape index (κ1) is 12.4. The van der Waals surface area contributed by atoms with Crippen molar-refractivity contribution in [1.29, 1.82) is 5.26 Å². The molecule has 0 atom stereocenters. The summed E-state index contributed by atoms with van der Waals surface area (Å²) in [5.74, 6) is 0. The molecule has 0 saturated carbocycles. The fourth-order valence-corrected chi connectivity index (χ4v) is 1.86. The Kier molecular flexibility index (Phi) is 2.96. The third kappa shape index (κ3) is 2.43. The van der Waals surface area contributed by atoms with E-state index in [1.807, 2.05) is 31.6 Å². The van der Waals surface area contributed by atoms with Crippen molar-refractivity contribution in [3.05, 3.63) is 41.7 Å². The van der Waals surface area contributed by atoms with Crippen molar-refractivity contribution < 1.29 is 0 Å². The Balaban J connectivity index is 2.59. The molecule has 2 aromatic rings. The molecule has 1 aromatic heterocycles. The molecule has 92 valence electrons. The molecule has 0 N–H and O–H groups in total. The van der Waals surface area contributed by atoms with Gasteiger partial charge in [0.2, 0.25) is 0 Å². The Hall–Kier alpha value is -2.08. The lowest BCUT2D eigenvalue weighted by molar-refractivity contribution is 0.590. The van der Waals surface area contributed by atoms with Crippen LogP contribution in [0.15, 0.2) is 30.6 Å². The van der Waals surface area contributed by atoms with Crippen molar-refractivity contribution >= 4 is 0 Å². The molecule has 18 heavy (non-hydrogen) atoms. The van der Waals surface area contributed by atoms with E-state index >= 15 is 0 Å². The fraction of sp³-hybridized carbons (Fsp3) is 0.333. The third-order valence-electron chi connectivity index (χ3n) is 2.97. The Labute approximate surface area is 108 Å². The van der Waals surface area contributed by atoms with Crippen LogP contribution < -0.4 is 0 Å². The van der Waals surface area contributed by atoms with Crippen LogP contribution in [0.4, 0.5) is 0 Å². The second kappa shape index (κ2) is 4.30. The molecule has 0 unspecified atom stereocenters. The van der Waals surface area contributed by atoms with Crippen LogP contribution in [0.3, 0.4) is 0 Å². The number of nitrogens with zero attached hydrogens (tertiary/aromatic N) is 3. The highest BCUT2D eigenvalue weighted by Crippen LogP contribution is 2.28. The number of benzene rings is 1. The average molecular weight is 239 g/mol. The first-order valence-electron chi connectivity index (χ1n) is 5.95. The van der Waals surface area contributed by atoms with Crippen LogP contribution in [0, 0.1) is 11.3 Å². The number of hydrogen-bond donors (Lipinski definition) is 0. The number of aryl methyl sites for hydroxylation is 1. The topological polar surface area (TPSA) is 41.6 Å². The van der Waals surface area contributed by atoms with E-state index in [1.165, 1.54) is 5.56 Å². The molecular weight excluding hydrogens is 222 g/mol. The van der Waals surface area contributed by atoms with E-state index in [9.17, 15) is 0 Å². The molecule has 1 heterocycles. The summed E-state index contributed by atoms with van der Waals surface area (Å²) in [4.78, 5) is 0. The number of aromatic nitrogens is 2. The molecule has 1 aromatic carbocycles. The van der Waals surface area contributed by atoms with Gasteiger partial charge in [-0.3, -0.25) is 4.68 Å². The molecule has 0 spiro atoms. The maximum atomic E-state index is 9.13. The summed E-state index contributed by atoms with van der Waals surface area (Å²) in [5, 5.41) is 13.3. The molecule has 0 fully saturated rings. The Bertz CT molecular complexity index is 609. The zero-order chi connectivity index (χ0) is 13.3. The van der Waals surface area contributed by atoms with Gasteiger partial charge in [0, 0.05) is 18.8 Å². The second-order valence-corrected chi connectivity index (χ2v) is 5.56. The first-order chi connectivity index (χ1) is 8.40. The summed E-state index contributed by atoms with van der Waals surface area (Å²) >= 11 is 0. The fourth-order valence-electron chi connectivity index (χ4n) is 1.86. The molecule has 0 aliphatic rings. The minimum Gasteiger partial charge on any atom is -0.275 e. The van der Waals surface area contributed by atoms with Crippen molar-refractivity contribution in [3.8, 4) is 17.2 Å². The zero-order valence-electron chi connectivity index (χ0n) is 11.2. The number of nitriles is 1. The van der Waals surface area contributed by atoms with Gasteiger partial charge in [0.25, 0.3) is 0 Å². The minimum absolute atomic E-state index is 0.0316. The first-order valence-corrected chi connectivity index (χ1v) is 5.95. The summed E-state index contributed by atoms with van der Waals surface area (Å²) in [6, 6.07) is 8.23. The van der Waals surface area contributed by atoms with Gasteiger partial charge < -0.3 is 0 Å². The molecule has 2 rings (SSSR count). The van der Waals surface area contributed by atoms with Gasteiger partial charge in [-0.2, -0.15) is 10.4 Å². The Morgan fingerprint density at radius 3 is 2.39 bits per heavy atom. The second-order valence-electron chi connectivity index (χ2n) is 5.56. The van der Waals surface area contributed by atoms with E-state index in [1.54, 1.807) is 4.68 Å². The maximum Gasteiger partial charge on any atom is 0.0991 e. The quantitative estimate of drug-likeness (QED) is 0.766. The SMILES string of the molecule is Cn1cc(-c2cc(C#N)cc(C(C)(C)C)c2)cn1. The van der Waals surface area contributed by atoms with E-state index in [-0.39, 0.29) is 5.41 Å². The van der Waals surface area contributed by atoms with E-state index in [2.05, 4.69) is 38.0 Å². The predicted molar refractivity (Wildman–Crippen MR) is 72.1 cm³/mol. The van der Waals surface area contributed by atoms with Crippen molar-refractivity contribution in [2.75, 3.05) is 0 Å². The number of hydrogen-bond acceptors (Lipinski definition) is 2. The van der Waals surface area contributed by atoms with Gasteiger partial charge in [-0.15, -0.1) is 0 Å². The lowest BCUT2D eigenvalue weighted by atomic mass is 9.84. The van der Waals surface area contributed by atoms with Crippen LogP contribution in [0.5, 0.6) is 0 Å². The highest BCUT2D eigenvalue weighted by molar-refractivity contribution is 5.65. The van der Waals surface area contributed by atoms with Gasteiger partial charge in [-0.25, -0.2) is 0 Å². The van der Waals surface area contributed by atoms with Gasteiger partial charge in [-0.05, 0) is 28.7 Å². The summed E-state index contributed by atoms with van der Waals surface area (Å²) < 4.78 is 1.77. The van der Waals surface area contributed by atoms with Gasteiger partial charge in [0.15, 0.2) is 0 Å². The average Bonchev–Trinajstić information content (AvgIpc) is 2.74. The molecular formula is C15H17N3. The van der Waals surface area contributed by atoms with Crippen LogP contribution in [0.2, 0.25) is 0 Å². The molecule has 0 saturated heterocycles. The highest BCUT2D eigenvalue weighted by Gasteiger charge is 2.16.